The van der Waals surface area contributed by atoms with E-state index in [0.29, 0.717) is 5.17 Å². The van der Waals surface area contributed by atoms with Gasteiger partial charge in [0.2, 0.25) is 0 Å². The molecule has 4 aromatic carbocycles. The number of thioether (sulfide) groups is 2. The highest BCUT2D eigenvalue weighted by molar-refractivity contribution is 8.14. The maximum atomic E-state index is 7.58. The zero-order valence-corrected chi connectivity index (χ0v) is 20.4. The molecule has 0 aliphatic heterocycles. The Labute approximate surface area is 203 Å². The monoisotopic (exact) mass is 472 g/mol. The van der Waals surface area contributed by atoms with Crippen LogP contribution in [0.3, 0.4) is 0 Å². The lowest BCUT2D eigenvalue weighted by Gasteiger charge is -2.15. The van der Waals surface area contributed by atoms with Crippen molar-refractivity contribution in [3.63, 3.8) is 0 Å². The van der Waals surface area contributed by atoms with Crippen LogP contribution in [0.1, 0.15) is 41.9 Å². The van der Waals surface area contributed by atoms with Crippen molar-refractivity contribution in [1.82, 2.24) is 0 Å². The lowest BCUT2D eigenvalue weighted by atomic mass is 10.0. The lowest BCUT2D eigenvalue weighted by molar-refractivity contribution is 0.901. The van der Waals surface area contributed by atoms with Crippen LogP contribution in [-0.4, -0.2) is 10.3 Å². The molecule has 2 atom stereocenters. The zero-order valence-electron chi connectivity index (χ0n) is 18.8. The molecule has 0 saturated heterocycles. The molecule has 5 N–H and O–H groups in total. The second-order valence-electron chi connectivity index (χ2n) is 7.99. The van der Waals surface area contributed by atoms with Crippen molar-refractivity contribution in [1.29, 1.82) is 5.41 Å². The third kappa shape index (κ3) is 5.70. The second-order valence-corrected chi connectivity index (χ2v) is 10.6. The largest absolute Gasteiger partial charge is 0.379 e. The number of nitrogens with two attached hydrogens (primary N) is 2. The first kappa shape index (κ1) is 23.2. The molecule has 168 valence electrons. The molecule has 33 heavy (non-hydrogen) atoms. The minimum absolute atomic E-state index is 0.150. The molecule has 0 fully saturated rings. The first-order valence-electron chi connectivity index (χ1n) is 11.0. The summed E-state index contributed by atoms with van der Waals surface area (Å²) in [4.78, 5) is 4.66. The fourth-order valence-electron chi connectivity index (χ4n) is 3.93. The number of rotatable bonds is 6. The van der Waals surface area contributed by atoms with E-state index in [0.717, 1.165) is 22.9 Å². The quantitative estimate of drug-likeness (QED) is 0.200. The Bertz CT molecular complexity index is 1330. The molecule has 0 aliphatic rings. The van der Waals surface area contributed by atoms with Crippen LogP contribution in [0.15, 0.2) is 83.9 Å². The average molecular weight is 473 g/mol. The minimum Gasteiger partial charge on any atom is -0.379 e. The van der Waals surface area contributed by atoms with E-state index in [2.05, 4.69) is 91.6 Å². The highest BCUT2D eigenvalue weighted by Crippen LogP contribution is 2.35. The summed E-state index contributed by atoms with van der Waals surface area (Å²) < 4.78 is 0. The van der Waals surface area contributed by atoms with Crippen LogP contribution in [0, 0.1) is 5.41 Å². The van der Waals surface area contributed by atoms with Gasteiger partial charge in [0.15, 0.2) is 10.3 Å². The SMILES string of the molecule is CCC(SC(=N)N)c1ccc2cc(/N=C(/N)SC(C)c3ccc4ccccc4c3)ccc2c1. The molecule has 0 bridgehead atoms. The predicted molar refractivity (Wildman–Crippen MR) is 148 cm³/mol. The van der Waals surface area contributed by atoms with Gasteiger partial charge in [0.1, 0.15) is 0 Å². The highest BCUT2D eigenvalue weighted by atomic mass is 32.2. The molecule has 4 rings (SSSR count). The summed E-state index contributed by atoms with van der Waals surface area (Å²) >= 11 is 2.97. The van der Waals surface area contributed by atoms with Crippen molar-refractivity contribution in [2.75, 3.05) is 0 Å². The van der Waals surface area contributed by atoms with E-state index in [-0.39, 0.29) is 15.7 Å². The van der Waals surface area contributed by atoms with E-state index in [1.807, 2.05) is 6.07 Å². The fourth-order valence-corrected chi connectivity index (χ4v) is 5.48. The van der Waals surface area contributed by atoms with E-state index in [9.17, 15) is 0 Å². The highest BCUT2D eigenvalue weighted by Gasteiger charge is 2.13. The molecule has 6 heteroatoms. The second kappa shape index (κ2) is 10.3. The van der Waals surface area contributed by atoms with Gasteiger partial charge >= 0.3 is 0 Å². The third-order valence-electron chi connectivity index (χ3n) is 5.64. The summed E-state index contributed by atoms with van der Waals surface area (Å²) in [6, 6.07) is 27.5. The number of fused-ring (bicyclic) bond motifs is 2. The Morgan fingerprint density at radius 1 is 0.818 bits per heavy atom. The standard InChI is InChI=1S/C27H28N4S2/c1-3-25(33-26(28)29)23-11-10-22-16-24(13-12-21(22)15-23)31-27(30)32-17(2)19-9-8-18-6-4-5-7-20(18)14-19/h4-17,25H,3H2,1-2H3,(H3,28,29)(H2,30,31). The summed E-state index contributed by atoms with van der Waals surface area (Å²) in [5, 5.41) is 13.4. The summed E-state index contributed by atoms with van der Waals surface area (Å²) in [6.45, 7) is 4.27. The summed E-state index contributed by atoms with van der Waals surface area (Å²) in [7, 11) is 0. The number of nitrogens with one attached hydrogen (secondary N) is 1. The predicted octanol–water partition coefficient (Wildman–Crippen LogP) is 7.51. The van der Waals surface area contributed by atoms with Gasteiger partial charge in [0.25, 0.3) is 0 Å². The Morgan fingerprint density at radius 3 is 2.18 bits per heavy atom. The van der Waals surface area contributed by atoms with Crippen LogP contribution < -0.4 is 11.5 Å². The van der Waals surface area contributed by atoms with Crippen molar-refractivity contribution in [3.05, 3.63) is 90.0 Å². The molecule has 0 amide bonds. The zero-order chi connectivity index (χ0) is 23.4. The van der Waals surface area contributed by atoms with Crippen molar-refractivity contribution < 1.29 is 0 Å². The van der Waals surface area contributed by atoms with E-state index in [1.54, 1.807) is 11.8 Å². The molecule has 2 unspecified atom stereocenters. The number of nitrogens with zero attached hydrogens (tertiary/aromatic N) is 1. The van der Waals surface area contributed by atoms with Crippen LogP contribution >= 0.6 is 23.5 Å². The summed E-state index contributed by atoms with van der Waals surface area (Å²) in [5.74, 6) is 0. The Hall–Kier alpha value is -2.96. The number of benzene rings is 4. The van der Waals surface area contributed by atoms with E-state index < -0.39 is 0 Å². The molecule has 0 saturated carbocycles. The molecule has 0 heterocycles. The van der Waals surface area contributed by atoms with Crippen LogP contribution in [0.2, 0.25) is 0 Å². The van der Waals surface area contributed by atoms with Gasteiger partial charge in [-0.2, -0.15) is 0 Å². The lowest BCUT2D eigenvalue weighted by Crippen LogP contribution is -2.08. The normalized spacial score (nSPS) is 13.8. The van der Waals surface area contributed by atoms with Gasteiger partial charge in [-0.3, -0.25) is 5.41 Å². The maximum Gasteiger partial charge on any atom is 0.159 e. The molecule has 0 spiro atoms. The van der Waals surface area contributed by atoms with Gasteiger partial charge in [0, 0.05) is 10.5 Å². The molecule has 0 aromatic heterocycles. The molecule has 0 aliphatic carbocycles. The van der Waals surface area contributed by atoms with Crippen LogP contribution in [0.5, 0.6) is 0 Å². The third-order valence-corrected chi connectivity index (χ3v) is 7.74. The van der Waals surface area contributed by atoms with Crippen molar-refractivity contribution in [2.24, 2.45) is 16.5 Å². The van der Waals surface area contributed by atoms with E-state index in [4.69, 9.17) is 16.9 Å². The van der Waals surface area contributed by atoms with Crippen LogP contribution in [0.25, 0.3) is 21.5 Å². The van der Waals surface area contributed by atoms with Gasteiger partial charge in [-0.05, 0) is 58.1 Å². The van der Waals surface area contributed by atoms with Gasteiger partial charge < -0.3 is 11.5 Å². The Kier molecular flexibility index (Phi) is 7.26. The van der Waals surface area contributed by atoms with Gasteiger partial charge in [-0.1, -0.05) is 97.2 Å². The molecule has 0 radical (unpaired) electrons. The van der Waals surface area contributed by atoms with Crippen molar-refractivity contribution in [2.45, 2.75) is 30.8 Å². The Balaban J connectivity index is 1.51. The van der Waals surface area contributed by atoms with Gasteiger partial charge in [-0.25, -0.2) is 4.99 Å². The number of hydrogen-bond acceptors (Lipinski definition) is 4. The van der Waals surface area contributed by atoms with E-state index in [1.165, 1.54) is 33.7 Å². The fraction of sp³-hybridized carbons (Fsp3) is 0.185. The first-order chi connectivity index (χ1) is 15.9. The smallest absolute Gasteiger partial charge is 0.159 e. The van der Waals surface area contributed by atoms with Crippen molar-refractivity contribution in [3.8, 4) is 0 Å². The summed E-state index contributed by atoms with van der Waals surface area (Å²) in [5.41, 5.74) is 15.2. The molecule has 4 nitrogen and oxygen atoms in total. The van der Waals surface area contributed by atoms with E-state index >= 15 is 0 Å². The molecular weight excluding hydrogens is 444 g/mol. The summed E-state index contributed by atoms with van der Waals surface area (Å²) in [6.07, 6.45) is 0.918. The first-order valence-corrected chi connectivity index (χ1v) is 12.7. The van der Waals surface area contributed by atoms with Crippen molar-refractivity contribution >= 4 is 61.1 Å². The minimum atomic E-state index is 0.150. The average Bonchev–Trinajstić information content (AvgIpc) is 2.81. The van der Waals surface area contributed by atoms with Gasteiger partial charge in [-0.15, -0.1) is 0 Å². The maximum absolute atomic E-state index is 7.58. The Morgan fingerprint density at radius 2 is 1.42 bits per heavy atom. The molecule has 4 aromatic rings. The van der Waals surface area contributed by atoms with Crippen LogP contribution in [0.4, 0.5) is 5.69 Å². The number of hydrogen-bond donors (Lipinski definition) is 3. The molecular formula is C27H28N4S2. The number of amidine groups is 2. The van der Waals surface area contributed by atoms with Gasteiger partial charge in [0.05, 0.1) is 5.69 Å². The van der Waals surface area contributed by atoms with Crippen LogP contribution in [-0.2, 0) is 0 Å². The topological polar surface area (TPSA) is 88.2 Å². The number of aliphatic imine (C=N–C) groups is 1.